The predicted octanol–water partition coefficient (Wildman–Crippen LogP) is 4.40. The molecule has 1 aliphatic rings. The second-order valence-corrected chi connectivity index (χ2v) is 10.1. The van der Waals surface area contributed by atoms with Gasteiger partial charge in [-0.3, -0.25) is 19.5 Å². The predicted molar refractivity (Wildman–Crippen MR) is 152 cm³/mol. The van der Waals surface area contributed by atoms with Crippen molar-refractivity contribution >= 4 is 29.5 Å². The summed E-state index contributed by atoms with van der Waals surface area (Å²) in [6.07, 6.45) is -0.728. The SMILES string of the molecule is CCCCCCCOC(=O)Nc1ccn([C@@H]2O[C@H](CO)[C@@H](OC(=O)CCCCC(=O)Nc3ccccc3)C2(F)F)c(=O)n1. The summed E-state index contributed by atoms with van der Waals surface area (Å²) in [7, 11) is 0. The lowest BCUT2D eigenvalue weighted by molar-refractivity contribution is -0.176. The number of esters is 1. The van der Waals surface area contributed by atoms with Crippen LogP contribution in [0.1, 0.15) is 70.9 Å². The van der Waals surface area contributed by atoms with E-state index in [0.717, 1.165) is 37.9 Å². The molecule has 0 spiro atoms. The molecule has 0 bridgehead atoms. The number of para-hydroxylation sites is 1. The Bertz CT molecular complexity index is 1260. The molecule has 43 heavy (non-hydrogen) atoms. The Morgan fingerprint density at radius 2 is 1.74 bits per heavy atom. The Balaban J connectivity index is 1.50. The van der Waals surface area contributed by atoms with Crippen molar-refractivity contribution in [3.63, 3.8) is 0 Å². The summed E-state index contributed by atoms with van der Waals surface area (Å²) in [4.78, 5) is 52.5. The fraction of sp³-hybridized carbons (Fsp3) is 0.552. The molecule has 0 radical (unpaired) electrons. The fourth-order valence-electron chi connectivity index (χ4n) is 4.43. The Morgan fingerprint density at radius 3 is 2.44 bits per heavy atom. The summed E-state index contributed by atoms with van der Waals surface area (Å²) in [6, 6.07) is 9.93. The highest BCUT2D eigenvalue weighted by Gasteiger charge is 2.62. The molecule has 3 atom stereocenters. The number of amides is 2. The minimum absolute atomic E-state index is 0.115. The lowest BCUT2D eigenvalue weighted by Crippen LogP contribution is -2.44. The zero-order chi connectivity index (χ0) is 31.2. The van der Waals surface area contributed by atoms with Crippen molar-refractivity contribution < 1.29 is 42.5 Å². The lowest BCUT2D eigenvalue weighted by atomic mass is 10.1. The van der Waals surface area contributed by atoms with Gasteiger partial charge in [-0.05, 0) is 37.5 Å². The van der Waals surface area contributed by atoms with Crippen molar-refractivity contribution in [2.45, 2.75) is 89.1 Å². The Morgan fingerprint density at radius 1 is 1.02 bits per heavy atom. The summed E-state index contributed by atoms with van der Waals surface area (Å²) < 4.78 is 46.4. The van der Waals surface area contributed by atoms with Crippen LogP contribution in [0.3, 0.4) is 0 Å². The minimum atomic E-state index is -3.91. The van der Waals surface area contributed by atoms with Gasteiger partial charge < -0.3 is 24.6 Å². The molecule has 14 heteroatoms. The van der Waals surface area contributed by atoms with Crippen LogP contribution < -0.4 is 16.3 Å². The van der Waals surface area contributed by atoms with Crippen molar-refractivity contribution in [1.29, 1.82) is 0 Å². The van der Waals surface area contributed by atoms with Gasteiger partial charge in [-0.15, -0.1) is 0 Å². The van der Waals surface area contributed by atoms with Crippen LogP contribution in [0, 0.1) is 0 Å². The molecule has 0 unspecified atom stereocenters. The Labute approximate surface area is 247 Å². The maximum atomic E-state index is 15.4. The summed E-state index contributed by atoms with van der Waals surface area (Å²) in [5.41, 5.74) is -0.536. The number of ether oxygens (including phenoxy) is 3. The number of unbranched alkanes of at least 4 members (excludes halogenated alkanes) is 5. The molecule has 3 N–H and O–H groups in total. The first-order valence-electron chi connectivity index (χ1n) is 14.4. The van der Waals surface area contributed by atoms with Gasteiger partial charge in [0.2, 0.25) is 12.1 Å². The summed E-state index contributed by atoms with van der Waals surface area (Å²) in [5, 5.41) is 14.6. The quantitative estimate of drug-likeness (QED) is 0.186. The largest absolute Gasteiger partial charge is 0.453 e. The third kappa shape index (κ3) is 10.1. The van der Waals surface area contributed by atoms with Crippen molar-refractivity contribution in [3.05, 3.63) is 53.1 Å². The zero-order valence-electron chi connectivity index (χ0n) is 24.0. The highest BCUT2D eigenvalue weighted by Crippen LogP contribution is 2.44. The number of rotatable bonds is 16. The number of aromatic nitrogens is 2. The summed E-state index contributed by atoms with van der Waals surface area (Å²) in [6.45, 7) is 1.36. The van der Waals surface area contributed by atoms with E-state index < -0.39 is 48.7 Å². The standard InChI is InChI=1S/C29H38F2N4O8/c1-2-3-4-5-11-18-41-28(40)34-22-16-17-35(27(39)33-22)26-29(30,31)25(21(19-36)42-26)43-24(38)15-10-9-14-23(37)32-20-12-7-6-8-13-20/h6-8,12-13,16-17,21,25-26,36H,2-5,9-11,14-15,18-19H2,1H3,(H,32,37)(H,33,34,39,40)/t21-,25-,26-/m1/s1. The molecule has 1 aromatic carbocycles. The van der Waals surface area contributed by atoms with E-state index in [1.54, 1.807) is 24.3 Å². The number of carbonyl (C=O) groups is 3. The van der Waals surface area contributed by atoms with E-state index in [9.17, 15) is 24.3 Å². The van der Waals surface area contributed by atoms with Crippen molar-refractivity contribution in [3.8, 4) is 0 Å². The number of nitrogens with one attached hydrogen (secondary N) is 2. The second kappa shape index (κ2) is 16.7. The maximum Gasteiger partial charge on any atom is 0.412 e. The molecule has 3 rings (SSSR count). The first kappa shape index (κ1) is 33.6. The first-order valence-corrected chi connectivity index (χ1v) is 14.4. The van der Waals surface area contributed by atoms with Crippen molar-refractivity contribution in [1.82, 2.24) is 9.55 Å². The van der Waals surface area contributed by atoms with E-state index in [4.69, 9.17) is 14.2 Å². The minimum Gasteiger partial charge on any atom is -0.453 e. The molecule has 2 amide bonds. The molecule has 2 aromatic rings. The number of hydrogen-bond donors (Lipinski definition) is 3. The van der Waals surface area contributed by atoms with Gasteiger partial charge in [0.25, 0.3) is 0 Å². The van der Waals surface area contributed by atoms with E-state index in [1.807, 2.05) is 6.07 Å². The van der Waals surface area contributed by atoms with E-state index in [2.05, 4.69) is 22.5 Å². The van der Waals surface area contributed by atoms with Gasteiger partial charge in [-0.2, -0.15) is 13.8 Å². The molecule has 0 aliphatic carbocycles. The van der Waals surface area contributed by atoms with E-state index in [0.29, 0.717) is 23.1 Å². The van der Waals surface area contributed by atoms with Crippen molar-refractivity contribution in [2.24, 2.45) is 0 Å². The smallest absolute Gasteiger partial charge is 0.412 e. The van der Waals surface area contributed by atoms with Crippen LogP contribution in [0.2, 0.25) is 0 Å². The van der Waals surface area contributed by atoms with Crippen LogP contribution in [0.25, 0.3) is 0 Å². The van der Waals surface area contributed by atoms with Gasteiger partial charge in [0, 0.05) is 24.7 Å². The number of benzene rings is 1. The number of hydrogen-bond acceptors (Lipinski definition) is 9. The van der Waals surface area contributed by atoms with Crippen LogP contribution in [0.4, 0.5) is 25.1 Å². The number of nitrogens with zero attached hydrogens (tertiary/aromatic N) is 2. The molecule has 1 aliphatic heterocycles. The average molecular weight is 609 g/mol. The summed E-state index contributed by atoms with van der Waals surface area (Å²) in [5.74, 6) is -5.34. The van der Waals surface area contributed by atoms with Crippen LogP contribution in [-0.4, -0.2) is 64.0 Å². The third-order valence-electron chi connectivity index (χ3n) is 6.67. The number of alkyl halides is 2. The fourth-order valence-corrected chi connectivity index (χ4v) is 4.43. The monoisotopic (exact) mass is 608 g/mol. The summed E-state index contributed by atoms with van der Waals surface area (Å²) >= 11 is 0. The van der Waals surface area contributed by atoms with Crippen LogP contribution in [0.5, 0.6) is 0 Å². The Hall–Kier alpha value is -3.91. The molecular formula is C29H38F2N4O8. The lowest BCUT2D eigenvalue weighted by Gasteiger charge is -2.24. The molecule has 1 aromatic heterocycles. The molecular weight excluding hydrogens is 570 g/mol. The highest BCUT2D eigenvalue weighted by molar-refractivity contribution is 5.90. The number of aliphatic hydroxyl groups is 1. The zero-order valence-corrected chi connectivity index (χ0v) is 24.0. The number of anilines is 2. The van der Waals surface area contributed by atoms with E-state index >= 15 is 8.78 Å². The van der Waals surface area contributed by atoms with Crippen LogP contribution in [0.15, 0.2) is 47.4 Å². The van der Waals surface area contributed by atoms with Gasteiger partial charge in [0.1, 0.15) is 11.9 Å². The van der Waals surface area contributed by atoms with Gasteiger partial charge in [-0.1, -0.05) is 50.8 Å². The molecule has 1 fully saturated rings. The average Bonchev–Trinajstić information content (AvgIpc) is 3.22. The molecule has 2 heterocycles. The Kier molecular flexibility index (Phi) is 13.0. The number of aliphatic hydroxyl groups excluding tert-OH is 1. The molecule has 0 saturated carbocycles. The molecule has 236 valence electrons. The maximum absolute atomic E-state index is 15.4. The van der Waals surface area contributed by atoms with Gasteiger partial charge >= 0.3 is 23.7 Å². The van der Waals surface area contributed by atoms with Crippen LogP contribution in [-0.2, 0) is 23.8 Å². The topological polar surface area (TPSA) is 158 Å². The molecule has 12 nitrogen and oxygen atoms in total. The molecule has 1 saturated heterocycles. The van der Waals surface area contributed by atoms with Gasteiger partial charge in [0.05, 0.1) is 13.2 Å². The van der Waals surface area contributed by atoms with Gasteiger partial charge in [0.15, 0.2) is 6.10 Å². The van der Waals surface area contributed by atoms with Gasteiger partial charge in [-0.25, -0.2) is 9.59 Å². The first-order chi connectivity index (χ1) is 20.6. The second-order valence-electron chi connectivity index (χ2n) is 10.1. The van der Waals surface area contributed by atoms with E-state index in [1.165, 1.54) is 0 Å². The number of carbonyl (C=O) groups excluding carboxylic acids is 3. The van der Waals surface area contributed by atoms with E-state index in [-0.39, 0.29) is 37.6 Å². The van der Waals surface area contributed by atoms with Crippen molar-refractivity contribution in [2.75, 3.05) is 23.8 Å². The highest BCUT2D eigenvalue weighted by atomic mass is 19.3. The third-order valence-corrected chi connectivity index (χ3v) is 6.67. The normalized spacial score (nSPS) is 19.0. The van der Waals surface area contributed by atoms with Crippen LogP contribution >= 0.6 is 0 Å². The number of halogens is 2.